The molecule has 2 rings (SSSR count). The molecule has 0 fully saturated rings. The Labute approximate surface area is 112 Å². The SMILES string of the molecule is COc1cc(C)nc(CNc2c(C)cccc2F)c1. The molecular formula is C15H17FN2O. The van der Waals surface area contributed by atoms with Gasteiger partial charge >= 0.3 is 0 Å². The summed E-state index contributed by atoms with van der Waals surface area (Å²) in [7, 11) is 1.62. The van der Waals surface area contributed by atoms with Crippen molar-refractivity contribution in [3.05, 3.63) is 53.1 Å². The standard InChI is InChI=1S/C15H17FN2O/c1-10-5-4-6-14(16)15(10)17-9-12-8-13(19-3)7-11(2)18-12/h4-8,17H,9H2,1-3H3. The van der Waals surface area contributed by atoms with Crippen LogP contribution in [0.25, 0.3) is 0 Å². The van der Waals surface area contributed by atoms with Crippen molar-refractivity contribution >= 4 is 5.69 Å². The van der Waals surface area contributed by atoms with Crippen molar-refractivity contribution in [2.45, 2.75) is 20.4 Å². The number of nitrogens with one attached hydrogen (secondary N) is 1. The van der Waals surface area contributed by atoms with E-state index in [1.54, 1.807) is 13.2 Å². The van der Waals surface area contributed by atoms with Crippen molar-refractivity contribution in [1.29, 1.82) is 0 Å². The summed E-state index contributed by atoms with van der Waals surface area (Å²) in [6.07, 6.45) is 0. The summed E-state index contributed by atoms with van der Waals surface area (Å²) in [5.41, 5.74) is 3.09. The molecule has 0 radical (unpaired) electrons. The van der Waals surface area contributed by atoms with Crippen LogP contribution in [0.5, 0.6) is 5.75 Å². The molecule has 19 heavy (non-hydrogen) atoms. The molecule has 0 unspecified atom stereocenters. The number of ether oxygens (including phenoxy) is 1. The minimum atomic E-state index is -0.250. The molecule has 100 valence electrons. The van der Waals surface area contributed by atoms with Gasteiger partial charge in [-0.25, -0.2) is 4.39 Å². The second kappa shape index (κ2) is 5.69. The van der Waals surface area contributed by atoms with Crippen molar-refractivity contribution in [1.82, 2.24) is 4.98 Å². The van der Waals surface area contributed by atoms with Gasteiger partial charge in [-0.1, -0.05) is 12.1 Å². The van der Waals surface area contributed by atoms with Gasteiger partial charge in [-0.2, -0.15) is 0 Å². The first-order chi connectivity index (χ1) is 9.10. The number of halogens is 1. The first-order valence-electron chi connectivity index (χ1n) is 6.10. The molecule has 0 bridgehead atoms. The Hall–Kier alpha value is -2.10. The number of aromatic nitrogens is 1. The zero-order valence-electron chi connectivity index (χ0n) is 11.3. The summed E-state index contributed by atoms with van der Waals surface area (Å²) in [6.45, 7) is 4.23. The molecule has 0 atom stereocenters. The van der Waals surface area contributed by atoms with E-state index in [9.17, 15) is 4.39 Å². The lowest BCUT2D eigenvalue weighted by Gasteiger charge is -2.11. The van der Waals surface area contributed by atoms with E-state index in [2.05, 4.69) is 10.3 Å². The monoisotopic (exact) mass is 260 g/mol. The predicted molar refractivity (Wildman–Crippen MR) is 74.0 cm³/mol. The third kappa shape index (κ3) is 3.22. The molecule has 0 saturated carbocycles. The fraction of sp³-hybridized carbons (Fsp3) is 0.267. The van der Waals surface area contributed by atoms with Gasteiger partial charge in [0, 0.05) is 17.8 Å². The van der Waals surface area contributed by atoms with Crippen LogP contribution in [0.1, 0.15) is 17.0 Å². The molecule has 0 aliphatic carbocycles. The summed E-state index contributed by atoms with van der Waals surface area (Å²) < 4.78 is 18.9. The molecule has 2 aromatic rings. The van der Waals surface area contributed by atoms with E-state index in [-0.39, 0.29) is 5.82 Å². The van der Waals surface area contributed by atoms with Crippen LogP contribution in [-0.4, -0.2) is 12.1 Å². The molecule has 0 aliphatic rings. The summed E-state index contributed by atoms with van der Waals surface area (Å²) in [5.74, 6) is 0.508. The van der Waals surface area contributed by atoms with Crippen LogP contribution in [0, 0.1) is 19.7 Å². The van der Waals surface area contributed by atoms with Gasteiger partial charge in [-0.15, -0.1) is 0 Å². The summed E-state index contributed by atoms with van der Waals surface area (Å²) in [4.78, 5) is 4.39. The molecule has 4 heteroatoms. The average Bonchev–Trinajstić information content (AvgIpc) is 2.37. The zero-order valence-corrected chi connectivity index (χ0v) is 11.3. The highest BCUT2D eigenvalue weighted by atomic mass is 19.1. The Kier molecular flexibility index (Phi) is 4.00. The van der Waals surface area contributed by atoms with Crippen LogP contribution in [-0.2, 0) is 6.54 Å². The van der Waals surface area contributed by atoms with Gasteiger partial charge in [0.05, 0.1) is 25.0 Å². The van der Waals surface area contributed by atoms with Crippen LogP contribution >= 0.6 is 0 Å². The van der Waals surface area contributed by atoms with E-state index in [1.165, 1.54) is 6.07 Å². The summed E-state index contributed by atoms with van der Waals surface area (Å²) in [6, 6.07) is 8.72. The summed E-state index contributed by atoms with van der Waals surface area (Å²) >= 11 is 0. The Morgan fingerprint density at radius 3 is 2.74 bits per heavy atom. The molecule has 3 nitrogen and oxygen atoms in total. The molecule has 0 aliphatic heterocycles. The van der Waals surface area contributed by atoms with Gasteiger partial charge in [0.1, 0.15) is 11.6 Å². The molecule has 1 heterocycles. The minimum absolute atomic E-state index is 0.250. The van der Waals surface area contributed by atoms with Gasteiger partial charge in [0.15, 0.2) is 0 Å². The highest BCUT2D eigenvalue weighted by Crippen LogP contribution is 2.20. The van der Waals surface area contributed by atoms with Crippen molar-refractivity contribution < 1.29 is 9.13 Å². The minimum Gasteiger partial charge on any atom is -0.497 e. The van der Waals surface area contributed by atoms with Gasteiger partial charge in [-0.3, -0.25) is 4.98 Å². The zero-order chi connectivity index (χ0) is 13.8. The first kappa shape index (κ1) is 13.3. The maximum absolute atomic E-state index is 13.7. The van der Waals surface area contributed by atoms with Gasteiger partial charge in [0.25, 0.3) is 0 Å². The van der Waals surface area contributed by atoms with Crippen molar-refractivity contribution in [3.8, 4) is 5.75 Å². The molecular weight excluding hydrogens is 243 g/mol. The van der Waals surface area contributed by atoms with E-state index in [0.29, 0.717) is 12.2 Å². The highest BCUT2D eigenvalue weighted by Gasteiger charge is 2.06. The first-order valence-corrected chi connectivity index (χ1v) is 6.10. The fourth-order valence-corrected chi connectivity index (χ4v) is 1.95. The second-order valence-corrected chi connectivity index (χ2v) is 4.42. The second-order valence-electron chi connectivity index (χ2n) is 4.42. The quantitative estimate of drug-likeness (QED) is 0.914. The lowest BCUT2D eigenvalue weighted by molar-refractivity contribution is 0.413. The number of para-hydroxylation sites is 1. The predicted octanol–water partition coefficient (Wildman–Crippen LogP) is 3.46. The lowest BCUT2D eigenvalue weighted by Crippen LogP contribution is -2.05. The van der Waals surface area contributed by atoms with Crippen LogP contribution in [0.4, 0.5) is 10.1 Å². The number of benzene rings is 1. The maximum Gasteiger partial charge on any atom is 0.146 e. The van der Waals surface area contributed by atoms with Crippen molar-refractivity contribution in [2.75, 3.05) is 12.4 Å². The lowest BCUT2D eigenvalue weighted by atomic mass is 10.2. The van der Waals surface area contributed by atoms with E-state index in [1.807, 2.05) is 32.0 Å². The van der Waals surface area contributed by atoms with E-state index < -0.39 is 0 Å². The molecule has 0 spiro atoms. The van der Waals surface area contributed by atoms with E-state index in [4.69, 9.17) is 4.74 Å². The number of aryl methyl sites for hydroxylation is 2. The Morgan fingerprint density at radius 1 is 1.26 bits per heavy atom. The normalized spacial score (nSPS) is 10.3. The molecule has 1 aromatic carbocycles. The third-order valence-electron chi connectivity index (χ3n) is 2.88. The molecule has 0 saturated heterocycles. The number of rotatable bonds is 4. The number of hydrogen-bond donors (Lipinski definition) is 1. The molecule has 1 aromatic heterocycles. The van der Waals surface area contributed by atoms with Crippen LogP contribution in [0.3, 0.4) is 0 Å². The fourth-order valence-electron chi connectivity index (χ4n) is 1.95. The number of pyridine rings is 1. The van der Waals surface area contributed by atoms with Crippen LogP contribution in [0.2, 0.25) is 0 Å². The Bertz CT molecular complexity index is 564. The Balaban J connectivity index is 2.16. The average molecular weight is 260 g/mol. The molecule has 0 amide bonds. The maximum atomic E-state index is 13.7. The van der Waals surface area contributed by atoms with E-state index in [0.717, 1.165) is 22.7 Å². The van der Waals surface area contributed by atoms with Gasteiger partial charge < -0.3 is 10.1 Å². The van der Waals surface area contributed by atoms with Crippen molar-refractivity contribution in [3.63, 3.8) is 0 Å². The smallest absolute Gasteiger partial charge is 0.146 e. The van der Waals surface area contributed by atoms with E-state index >= 15 is 0 Å². The van der Waals surface area contributed by atoms with Crippen LogP contribution in [0.15, 0.2) is 30.3 Å². The topological polar surface area (TPSA) is 34.1 Å². The number of methoxy groups -OCH3 is 1. The Morgan fingerprint density at radius 2 is 2.05 bits per heavy atom. The highest BCUT2D eigenvalue weighted by molar-refractivity contribution is 5.51. The number of anilines is 1. The van der Waals surface area contributed by atoms with Gasteiger partial charge in [-0.05, 0) is 25.5 Å². The number of hydrogen-bond acceptors (Lipinski definition) is 3. The van der Waals surface area contributed by atoms with Crippen LogP contribution < -0.4 is 10.1 Å². The van der Waals surface area contributed by atoms with Gasteiger partial charge in [0.2, 0.25) is 0 Å². The van der Waals surface area contributed by atoms with Crippen molar-refractivity contribution in [2.24, 2.45) is 0 Å². The molecule has 1 N–H and O–H groups in total. The summed E-state index contributed by atoms with van der Waals surface area (Å²) in [5, 5.41) is 3.08. The largest absolute Gasteiger partial charge is 0.497 e. The number of nitrogens with zero attached hydrogens (tertiary/aromatic N) is 1. The third-order valence-corrected chi connectivity index (χ3v) is 2.88.